The van der Waals surface area contributed by atoms with Gasteiger partial charge in [-0.2, -0.15) is 0 Å². The summed E-state index contributed by atoms with van der Waals surface area (Å²) in [5.74, 6) is -0.105. The van der Waals surface area contributed by atoms with Gasteiger partial charge in [0, 0.05) is 31.5 Å². The molecule has 19 heavy (non-hydrogen) atoms. The van der Waals surface area contributed by atoms with Crippen molar-refractivity contribution in [1.29, 1.82) is 0 Å². The van der Waals surface area contributed by atoms with Crippen LogP contribution in [0.5, 0.6) is 0 Å². The molecule has 1 aromatic carbocycles. The molecule has 0 spiro atoms. The van der Waals surface area contributed by atoms with Crippen molar-refractivity contribution in [1.82, 2.24) is 5.32 Å². The van der Waals surface area contributed by atoms with E-state index < -0.39 is 0 Å². The van der Waals surface area contributed by atoms with E-state index in [9.17, 15) is 4.79 Å². The molecule has 6 heteroatoms. The van der Waals surface area contributed by atoms with Gasteiger partial charge in [-0.1, -0.05) is 6.07 Å². The molecule has 1 aromatic rings. The van der Waals surface area contributed by atoms with Crippen LogP contribution in [0.1, 0.15) is 13.8 Å². The molecule has 0 radical (unpaired) electrons. The van der Waals surface area contributed by atoms with Gasteiger partial charge in [0.2, 0.25) is 5.91 Å². The lowest BCUT2D eigenvalue weighted by atomic mass is 10.2. The van der Waals surface area contributed by atoms with Crippen LogP contribution in [0, 0.1) is 0 Å². The van der Waals surface area contributed by atoms with Crippen LogP contribution in [0.2, 0.25) is 0 Å². The molecule has 0 fully saturated rings. The lowest BCUT2D eigenvalue weighted by molar-refractivity contribution is -0.114. The van der Waals surface area contributed by atoms with Gasteiger partial charge in [-0.3, -0.25) is 4.79 Å². The minimum Gasteiger partial charge on any atom is -0.383 e. The number of hydrogen-bond acceptors (Lipinski definition) is 3. The molecule has 1 amide bonds. The molecule has 0 bridgehead atoms. The Bertz CT molecular complexity index is 451. The molecular weight excluding hydrogens is 262 g/mol. The first-order chi connectivity index (χ1) is 9.01. The highest BCUT2D eigenvalue weighted by Gasteiger charge is 2.04. The molecule has 5 nitrogen and oxygen atoms in total. The minimum absolute atomic E-state index is 0.105. The van der Waals surface area contributed by atoms with Gasteiger partial charge in [0.1, 0.15) is 0 Å². The Morgan fingerprint density at radius 2 is 2.00 bits per heavy atom. The molecule has 1 rings (SSSR count). The van der Waals surface area contributed by atoms with Crippen molar-refractivity contribution in [3.05, 3.63) is 24.3 Å². The van der Waals surface area contributed by atoms with Crippen molar-refractivity contribution in [2.45, 2.75) is 19.9 Å². The van der Waals surface area contributed by atoms with Gasteiger partial charge in [-0.05, 0) is 37.3 Å². The van der Waals surface area contributed by atoms with Crippen molar-refractivity contribution in [2.24, 2.45) is 0 Å². The zero-order valence-electron chi connectivity index (χ0n) is 11.3. The van der Waals surface area contributed by atoms with Crippen LogP contribution in [0.3, 0.4) is 0 Å². The zero-order chi connectivity index (χ0) is 14.3. The number of amides is 1. The highest BCUT2D eigenvalue weighted by Crippen LogP contribution is 2.14. The van der Waals surface area contributed by atoms with Gasteiger partial charge in [0.15, 0.2) is 5.11 Å². The predicted molar refractivity (Wildman–Crippen MR) is 81.4 cm³/mol. The molecule has 0 aliphatic heterocycles. The Morgan fingerprint density at radius 3 is 2.58 bits per heavy atom. The molecule has 0 aromatic heterocycles. The third-order valence-corrected chi connectivity index (χ3v) is 2.45. The maximum absolute atomic E-state index is 11.0. The largest absolute Gasteiger partial charge is 0.383 e. The van der Waals surface area contributed by atoms with E-state index in [1.54, 1.807) is 7.11 Å². The molecule has 3 N–H and O–H groups in total. The second-order valence-corrected chi connectivity index (χ2v) is 4.63. The normalized spacial score (nSPS) is 11.5. The maximum atomic E-state index is 11.0. The molecule has 0 saturated carbocycles. The number of benzene rings is 1. The van der Waals surface area contributed by atoms with E-state index in [1.165, 1.54) is 6.92 Å². The van der Waals surface area contributed by atoms with Crippen LogP contribution in [-0.2, 0) is 9.53 Å². The second-order valence-electron chi connectivity index (χ2n) is 4.22. The number of anilines is 2. The Balaban J connectivity index is 2.56. The van der Waals surface area contributed by atoms with Crippen molar-refractivity contribution >= 4 is 34.6 Å². The number of rotatable bonds is 5. The van der Waals surface area contributed by atoms with Crippen LogP contribution in [0.25, 0.3) is 0 Å². The molecule has 1 atom stereocenters. The monoisotopic (exact) mass is 281 g/mol. The Hall–Kier alpha value is -1.66. The lowest BCUT2D eigenvalue weighted by Crippen LogP contribution is -2.38. The van der Waals surface area contributed by atoms with Crippen molar-refractivity contribution in [3.8, 4) is 0 Å². The second kappa shape index (κ2) is 7.70. The number of carbonyl (C=O) groups excluding carboxylic acids is 1. The minimum atomic E-state index is -0.105. The maximum Gasteiger partial charge on any atom is 0.221 e. The number of thiocarbonyl (C=S) groups is 1. The van der Waals surface area contributed by atoms with Crippen LogP contribution in [0.15, 0.2) is 24.3 Å². The number of carbonyl (C=O) groups is 1. The molecule has 104 valence electrons. The zero-order valence-corrected chi connectivity index (χ0v) is 12.1. The fourth-order valence-electron chi connectivity index (χ4n) is 1.56. The number of methoxy groups -OCH3 is 1. The molecule has 1 unspecified atom stereocenters. The molecule has 0 aliphatic carbocycles. The highest BCUT2D eigenvalue weighted by atomic mass is 32.1. The van der Waals surface area contributed by atoms with Crippen LogP contribution < -0.4 is 16.0 Å². The van der Waals surface area contributed by atoms with Gasteiger partial charge >= 0.3 is 0 Å². The van der Waals surface area contributed by atoms with Gasteiger partial charge in [-0.15, -0.1) is 0 Å². The average molecular weight is 281 g/mol. The van der Waals surface area contributed by atoms with E-state index >= 15 is 0 Å². The lowest BCUT2D eigenvalue weighted by Gasteiger charge is -2.16. The van der Waals surface area contributed by atoms with Crippen LogP contribution in [0.4, 0.5) is 11.4 Å². The van der Waals surface area contributed by atoms with Gasteiger partial charge in [0.05, 0.1) is 6.61 Å². The number of hydrogen-bond donors (Lipinski definition) is 3. The van der Waals surface area contributed by atoms with E-state index in [0.717, 1.165) is 11.4 Å². The third kappa shape index (κ3) is 6.17. The highest BCUT2D eigenvalue weighted by molar-refractivity contribution is 7.80. The summed E-state index contributed by atoms with van der Waals surface area (Å²) in [6, 6.07) is 7.48. The van der Waals surface area contributed by atoms with E-state index in [0.29, 0.717) is 11.7 Å². The fraction of sp³-hybridized carbons (Fsp3) is 0.385. The molecule has 0 heterocycles. The van der Waals surface area contributed by atoms with E-state index in [1.807, 2.05) is 31.2 Å². The van der Waals surface area contributed by atoms with Gasteiger partial charge in [-0.25, -0.2) is 0 Å². The topological polar surface area (TPSA) is 62.4 Å². The number of ether oxygens (including phenoxy) is 1. The first-order valence-electron chi connectivity index (χ1n) is 5.95. The van der Waals surface area contributed by atoms with Crippen molar-refractivity contribution < 1.29 is 9.53 Å². The Morgan fingerprint density at radius 1 is 1.37 bits per heavy atom. The standard InChI is InChI=1S/C13H19N3O2S/c1-9(8-18-3)14-13(19)16-12-6-4-5-11(7-12)15-10(2)17/h4-7,9H,8H2,1-3H3,(H,15,17)(H2,14,16,19). The Kier molecular flexibility index (Phi) is 6.24. The first kappa shape index (κ1) is 15.4. The third-order valence-electron chi connectivity index (χ3n) is 2.23. The smallest absolute Gasteiger partial charge is 0.221 e. The SMILES string of the molecule is COCC(C)NC(=S)Nc1cccc(NC(C)=O)c1. The summed E-state index contributed by atoms with van der Waals surface area (Å²) in [7, 11) is 1.64. The van der Waals surface area contributed by atoms with E-state index in [2.05, 4.69) is 16.0 Å². The quantitative estimate of drug-likeness (QED) is 0.720. The average Bonchev–Trinajstić information content (AvgIpc) is 2.28. The van der Waals surface area contributed by atoms with Gasteiger partial charge < -0.3 is 20.7 Å². The molecule has 0 saturated heterocycles. The van der Waals surface area contributed by atoms with E-state index in [-0.39, 0.29) is 11.9 Å². The van der Waals surface area contributed by atoms with Crippen molar-refractivity contribution in [2.75, 3.05) is 24.4 Å². The summed E-state index contributed by atoms with van der Waals surface area (Å²) in [5.41, 5.74) is 1.54. The van der Waals surface area contributed by atoms with Gasteiger partial charge in [0.25, 0.3) is 0 Å². The fourth-order valence-corrected chi connectivity index (χ4v) is 1.88. The first-order valence-corrected chi connectivity index (χ1v) is 6.36. The summed E-state index contributed by atoms with van der Waals surface area (Å²) in [4.78, 5) is 11.0. The summed E-state index contributed by atoms with van der Waals surface area (Å²) < 4.78 is 5.02. The summed E-state index contributed by atoms with van der Waals surface area (Å²) in [6.45, 7) is 4.03. The number of nitrogens with one attached hydrogen (secondary N) is 3. The molecule has 0 aliphatic rings. The van der Waals surface area contributed by atoms with E-state index in [4.69, 9.17) is 17.0 Å². The van der Waals surface area contributed by atoms with Crippen LogP contribution in [-0.4, -0.2) is 30.8 Å². The summed E-state index contributed by atoms with van der Waals surface area (Å²) in [6.07, 6.45) is 0. The Labute approximate surface area is 118 Å². The van der Waals surface area contributed by atoms with Crippen molar-refractivity contribution in [3.63, 3.8) is 0 Å². The van der Waals surface area contributed by atoms with Crippen LogP contribution >= 0.6 is 12.2 Å². The summed E-state index contributed by atoms with van der Waals surface area (Å²) in [5, 5.41) is 9.39. The molecular formula is C13H19N3O2S. The predicted octanol–water partition coefficient (Wildman–Crippen LogP) is 1.97. The summed E-state index contributed by atoms with van der Waals surface area (Å²) >= 11 is 5.19.